The second kappa shape index (κ2) is 10.9. The van der Waals surface area contributed by atoms with E-state index in [1.54, 1.807) is 6.20 Å². The van der Waals surface area contributed by atoms with Crippen molar-refractivity contribution in [2.45, 2.75) is 64.2 Å². The van der Waals surface area contributed by atoms with Crippen molar-refractivity contribution in [1.29, 1.82) is 0 Å². The summed E-state index contributed by atoms with van der Waals surface area (Å²) in [7, 11) is 0. The second-order valence-corrected chi connectivity index (χ2v) is 8.42. The second-order valence-electron chi connectivity index (χ2n) is 8.42. The van der Waals surface area contributed by atoms with Crippen LogP contribution in [0, 0.1) is 5.92 Å². The van der Waals surface area contributed by atoms with Gasteiger partial charge < -0.3 is 15.4 Å². The van der Waals surface area contributed by atoms with Crippen LogP contribution in [0.25, 0.3) is 0 Å². The first-order chi connectivity index (χ1) is 14.2. The van der Waals surface area contributed by atoms with E-state index in [9.17, 15) is 4.79 Å². The minimum absolute atomic E-state index is 0. The number of anilines is 1. The summed E-state index contributed by atoms with van der Waals surface area (Å²) in [6, 6.07) is 8.16. The van der Waals surface area contributed by atoms with Gasteiger partial charge in [0.2, 0.25) is 0 Å². The summed E-state index contributed by atoms with van der Waals surface area (Å²) in [5.41, 5.74) is 2.17. The molecule has 2 N–H and O–H groups in total. The van der Waals surface area contributed by atoms with Crippen LogP contribution < -0.4 is 10.6 Å². The number of ether oxygens (including phenoxy) is 1. The van der Waals surface area contributed by atoms with E-state index < -0.39 is 0 Å². The van der Waals surface area contributed by atoms with Gasteiger partial charge in [0.1, 0.15) is 0 Å². The van der Waals surface area contributed by atoms with E-state index in [2.05, 4.69) is 27.9 Å². The summed E-state index contributed by atoms with van der Waals surface area (Å²) < 4.78 is 7.94. The van der Waals surface area contributed by atoms with E-state index in [1.807, 2.05) is 28.9 Å². The molecular weight excluding hydrogens is 402 g/mol. The average Bonchev–Trinajstić information content (AvgIpc) is 3.24. The molecule has 164 valence electrons. The smallest absolute Gasteiger partial charge is 0.277 e. The number of nitrogens with zero attached hydrogens (tertiary/aromatic N) is 3. The van der Waals surface area contributed by atoms with Crippen molar-refractivity contribution in [2.75, 3.05) is 18.4 Å². The molecule has 1 saturated heterocycles. The first kappa shape index (κ1) is 22.7. The highest BCUT2D eigenvalue weighted by atomic mass is 35.5. The summed E-state index contributed by atoms with van der Waals surface area (Å²) in [6.07, 6.45) is 8.96. The number of carbonyl (C=O) groups excluding carboxylic acids is 1. The molecule has 1 aromatic carbocycles. The van der Waals surface area contributed by atoms with Crippen molar-refractivity contribution in [3.8, 4) is 0 Å². The Morgan fingerprint density at radius 2 is 2.10 bits per heavy atom. The number of hydrogen-bond donors (Lipinski definition) is 2. The highest BCUT2D eigenvalue weighted by molar-refractivity contribution is 6.02. The van der Waals surface area contributed by atoms with Gasteiger partial charge in [-0.25, -0.2) is 4.68 Å². The van der Waals surface area contributed by atoms with E-state index in [0.29, 0.717) is 24.4 Å². The zero-order valence-corrected chi connectivity index (χ0v) is 18.4. The summed E-state index contributed by atoms with van der Waals surface area (Å²) >= 11 is 0. The molecule has 2 heterocycles. The summed E-state index contributed by atoms with van der Waals surface area (Å²) in [5.74, 6) is 0.516. The van der Waals surface area contributed by atoms with Crippen LogP contribution in [-0.4, -0.2) is 40.1 Å². The van der Waals surface area contributed by atoms with E-state index in [-0.39, 0.29) is 18.3 Å². The third-order valence-electron chi connectivity index (χ3n) is 5.98. The Morgan fingerprint density at radius 3 is 2.90 bits per heavy atom. The topological polar surface area (TPSA) is 81.1 Å². The molecule has 0 bridgehead atoms. The fourth-order valence-electron chi connectivity index (χ4n) is 4.31. The number of rotatable bonds is 6. The lowest BCUT2D eigenvalue weighted by Crippen LogP contribution is -2.29. The number of aromatic nitrogens is 3. The lowest BCUT2D eigenvalue weighted by Gasteiger charge is -2.26. The maximum Gasteiger partial charge on any atom is 0.277 e. The maximum absolute atomic E-state index is 12.6. The predicted octanol–water partition coefficient (Wildman–Crippen LogP) is 3.97. The van der Waals surface area contributed by atoms with Gasteiger partial charge >= 0.3 is 0 Å². The molecule has 2 atom stereocenters. The van der Waals surface area contributed by atoms with E-state index >= 15 is 0 Å². The first-order valence-corrected chi connectivity index (χ1v) is 10.8. The minimum Gasteiger partial charge on any atom is -0.374 e. The Kier molecular flexibility index (Phi) is 8.24. The first-order valence-electron chi connectivity index (χ1n) is 10.8. The van der Waals surface area contributed by atoms with Crippen LogP contribution in [0.3, 0.4) is 0 Å². The third kappa shape index (κ3) is 6.03. The normalized spacial score (nSPS) is 22.3. The highest BCUT2D eigenvalue weighted by Gasteiger charge is 2.20. The molecule has 30 heavy (non-hydrogen) atoms. The molecule has 1 saturated carbocycles. The van der Waals surface area contributed by atoms with Crippen molar-refractivity contribution in [2.24, 2.45) is 5.92 Å². The fourth-order valence-corrected chi connectivity index (χ4v) is 4.31. The number of benzene rings is 1. The number of piperidine rings is 1. The van der Waals surface area contributed by atoms with E-state index in [4.69, 9.17) is 4.74 Å². The Labute approximate surface area is 184 Å². The van der Waals surface area contributed by atoms with Gasteiger partial charge in [-0.05, 0) is 62.4 Å². The van der Waals surface area contributed by atoms with Crippen molar-refractivity contribution in [1.82, 2.24) is 20.3 Å². The molecule has 2 unspecified atom stereocenters. The molecule has 7 nitrogen and oxygen atoms in total. The Morgan fingerprint density at radius 1 is 1.27 bits per heavy atom. The molecule has 4 rings (SSSR count). The van der Waals surface area contributed by atoms with Crippen molar-refractivity contribution >= 4 is 24.0 Å². The van der Waals surface area contributed by atoms with Gasteiger partial charge in [-0.15, -0.1) is 17.5 Å². The van der Waals surface area contributed by atoms with Crippen LogP contribution in [0.4, 0.5) is 5.69 Å². The molecule has 2 aromatic rings. The lowest BCUT2D eigenvalue weighted by molar-refractivity contribution is 0.00468. The minimum atomic E-state index is -0.232. The average molecular weight is 434 g/mol. The molecule has 1 aromatic heterocycles. The van der Waals surface area contributed by atoms with Gasteiger partial charge in [0.25, 0.3) is 5.91 Å². The van der Waals surface area contributed by atoms with Crippen LogP contribution in [0.5, 0.6) is 0 Å². The monoisotopic (exact) mass is 433 g/mol. The summed E-state index contributed by atoms with van der Waals surface area (Å²) in [6.45, 7) is 4.82. The Balaban J connectivity index is 0.00000256. The molecule has 1 aliphatic heterocycles. The zero-order valence-electron chi connectivity index (χ0n) is 17.5. The van der Waals surface area contributed by atoms with Crippen molar-refractivity contribution in [3.05, 3.63) is 41.7 Å². The molecule has 0 radical (unpaired) electrons. The maximum atomic E-state index is 12.6. The number of carbonyl (C=O) groups is 1. The van der Waals surface area contributed by atoms with Crippen LogP contribution in [-0.2, 0) is 11.3 Å². The van der Waals surface area contributed by atoms with Crippen LogP contribution >= 0.6 is 12.4 Å². The van der Waals surface area contributed by atoms with Crippen molar-refractivity contribution in [3.63, 3.8) is 0 Å². The van der Waals surface area contributed by atoms with Crippen molar-refractivity contribution < 1.29 is 9.53 Å². The highest BCUT2D eigenvalue weighted by Crippen LogP contribution is 2.26. The standard InChI is InChI=1S/C22H31N5O2.ClH/c1-16-4-2-7-20(12-16)29-15-17-5-3-6-18(13-17)24-22(28)21-14-27(26-25-21)19-8-10-23-11-9-19;/h3,5-6,13-14,16,19-20,23H,2,4,7-12,15H2,1H3,(H,24,28);1H. The van der Waals surface area contributed by atoms with Crippen LogP contribution in [0.2, 0.25) is 0 Å². The van der Waals surface area contributed by atoms with Gasteiger partial charge in [0, 0.05) is 5.69 Å². The number of nitrogens with one attached hydrogen (secondary N) is 2. The van der Waals surface area contributed by atoms with Gasteiger partial charge in [-0.1, -0.05) is 37.1 Å². The molecule has 2 fully saturated rings. The van der Waals surface area contributed by atoms with Gasteiger partial charge in [0.15, 0.2) is 5.69 Å². The number of halogens is 1. The molecule has 2 aliphatic rings. The molecular formula is C22H32ClN5O2. The van der Waals surface area contributed by atoms with E-state index in [0.717, 1.165) is 55.9 Å². The Bertz CT molecular complexity index is 821. The number of hydrogen-bond acceptors (Lipinski definition) is 5. The largest absolute Gasteiger partial charge is 0.374 e. The molecule has 1 amide bonds. The quantitative estimate of drug-likeness (QED) is 0.720. The third-order valence-corrected chi connectivity index (χ3v) is 5.98. The van der Waals surface area contributed by atoms with Crippen LogP contribution in [0.15, 0.2) is 30.5 Å². The SMILES string of the molecule is CC1CCCC(OCc2cccc(NC(=O)c3cn(C4CCNCC4)nn3)c2)C1.Cl. The number of amides is 1. The Hall–Kier alpha value is -1.96. The zero-order chi connectivity index (χ0) is 20.1. The molecule has 8 heteroatoms. The van der Waals surface area contributed by atoms with Gasteiger partial charge in [0.05, 0.1) is 24.9 Å². The van der Waals surface area contributed by atoms with E-state index in [1.165, 1.54) is 12.8 Å². The fraction of sp³-hybridized carbons (Fsp3) is 0.591. The molecule has 1 aliphatic carbocycles. The summed E-state index contributed by atoms with van der Waals surface area (Å²) in [4.78, 5) is 12.6. The predicted molar refractivity (Wildman–Crippen MR) is 119 cm³/mol. The van der Waals surface area contributed by atoms with Crippen LogP contribution in [0.1, 0.15) is 67.5 Å². The summed E-state index contributed by atoms with van der Waals surface area (Å²) in [5, 5.41) is 14.5. The molecule has 0 spiro atoms. The lowest BCUT2D eigenvalue weighted by atomic mass is 9.89. The van der Waals surface area contributed by atoms with Gasteiger partial charge in [-0.2, -0.15) is 0 Å². The van der Waals surface area contributed by atoms with Gasteiger partial charge in [-0.3, -0.25) is 4.79 Å².